The molecule has 0 radical (unpaired) electrons. The van der Waals surface area contributed by atoms with Gasteiger partial charge >= 0.3 is 0 Å². The first-order valence-electron chi connectivity index (χ1n) is 5.86. The quantitative estimate of drug-likeness (QED) is 0.868. The highest BCUT2D eigenvalue weighted by molar-refractivity contribution is 7.98. The molecule has 0 saturated carbocycles. The van der Waals surface area contributed by atoms with Crippen molar-refractivity contribution in [3.05, 3.63) is 18.2 Å². The topological polar surface area (TPSA) is 41.6 Å². The van der Waals surface area contributed by atoms with Crippen molar-refractivity contribution < 1.29 is 9.53 Å². The lowest BCUT2D eigenvalue weighted by atomic mass is 10.1. The van der Waals surface area contributed by atoms with Gasteiger partial charge in [-0.05, 0) is 18.4 Å². The van der Waals surface area contributed by atoms with Crippen LogP contribution in [0.5, 0.6) is 5.75 Å². The number of carbonyl (C=O) groups excluding carboxylic acids is 1. The lowest BCUT2D eigenvalue weighted by molar-refractivity contribution is -0.116. The molecule has 0 saturated heterocycles. The van der Waals surface area contributed by atoms with Crippen LogP contribution in [-0.4, -0.2) is 36.1 Å². The summed E-state index contributed by atoms with van der Waals surface area (Å²) in [6, 6.07) is 5.48. The van der Waals surface area contributed by atoms with E-state index >= 15 is 0 Å². The van der Waals surface area contributed by atoms with Gasteiger partial charge in [0.25, 0.3) is 0 Å². The number of fused-ring (bicyclic) bond motifs is 1. The second-order valence-corrected chi connectivity index (χ2v) is 5.58. The van der Waals surface area contributed by atoms with Gasteiger partial charge in [0, 0.05) is 18.7 Å². The van der Waals surface area contributed by atoms with Gasteiger partial charge in [-0.2, -0.15) is 11.8 Å². The summed E-state index contributed by atoms with van der Waals surface area (Å²) in [5, 5.41) is 3.20. The lowest BCUT2D eigenvalue weighted by Gasteiger charge is -2.37. The van der Waals surface area contributed by atoms with Gasteiger partial charge in [0.1, 0.15) is 10.7 Å². The largest absolute Gasteiger partial charge is 0.497 e. The fourth-order valence-corrected chi connectivity index (χ4v) is 3.18. The van der Waals surface area contributed by atoms with E-state index in [1.54, 1.807) is 30.7 Å². The minimum Gasteiger partial charge on any atom is -0.497 e. The van der Waals surface area contributed by atoms with Crippen LogP contribution in [0, 0.1) is 0 Å². The van der Waals surface area contributed by atoms with E-state index in [9.17, 15) is 4.79 Å². The van der Waals surface area contributed by atoms with E-state index in [1.165, 1.54) is 0 Å². The third kappa shape index (κ3) is 2.69. The van der Waals surface area contributed by atoms with E-state index in [4.69, 9.17) is 17.0 Å². The molecule has 2 rings (SSSR count). The van der Waals surface area contributed by atoms with Crippen LogP contribution < -0.4 is 15.0 Å². The molecule has 1 aromatic rings. The minimum absolute atomic E-state index is 0.0163. The van der Waals surface area contributed by atoms with Crippen LogP contribution in [0.25, 0.3) is 0 Å². The summed E-state index contributed by atoms with van der Waals surface area (Å²) in [7, 11) is 1.61. The molecule has 0 aromatic heterocycles. The maximum atomic E-state index is 12.0. The number of hydrogen-bond acceptors (Lipinski definition) is 4. The third-order valence-electron chi connectivity index (χ3n) is 3.00. The molecule has 0 bridgehead atoms. The molecule has 0 fully saturated rings. The van der Waals surface area contributed by atoms with Crippen molar-refractivity contribution in [1.82, 2.24) is 0 Å². The molecule has 1 amide bonds. The van der Waals surface area contributed by atoms with Crippen molar-refractivity contribution in [3.8, 4) is 5.75 Å². The standard InChI is InChI=1S/C13H16N2O2S2/c1-8(16)15-11-6-9(17-2)4-5-10(11)14-13(18)12(15)7-19-3/h4-6,12H,7H2,1-3H3,(H,14,18)/t12-/m0/s1. The number of methoxy groups -OCH3 is 1. The molecule has 0 aliphatic carbocycles. The second kappa shape index (κ2) is 5.79. The zero-order valence-electron chi connectivity index (χ0n) is 11.1. The van der Waals surface area contributed by atoms with E-state index < -0.39 is 0 Å². The first-order valence-corrected chi connectivity index (χ1v) is 7.66. The maximum absolute atomic E-state index is 12.0. The Morgan fingerprint density at radius 2 is 2.32 bits per heavy atom. The van der Waals surface area contributed by atoms with Gasteiger partial charge in [0.05, 0.1) is 24.5 Å². The average molecular weight is 296 g/mol. The number of carbonyl (C=O) groups is 1. The summed E-state index contributed by atoms with van der Waals surface area (Å²) in [5.74, 6) is 1.47. The monoisotopic (exact) mass is 296 g/mol. The molecule has 0 unspecified atom stereocenters. The van der Waals surface area contributed by atoms with Crippen molar-refractivity contribution in [3.63, 3.8) is 0 Å². The highest BCUT2D eigenvalue weighted by atomic mass is 32.2. The molecule has 1 aliphatic rings. The average Bonchev–Trinajstić information content (AvgIpc) is 2.38. The number of anilines is 2. The highest BCUT2D eigenvalue weighted by Gasteiger charge is 2.32. The van der Waals surface area contributed by atoms with Gasteiger partial charge in [-0.1, -0.05) is 12.2 Å². The van der Waals surface area contributed by atoms with Gasteiger partial charge in [-0.25, -0.2) is 0 Å². The molecule has 0 spiro atoms. The van der Waals surface area contributed by atoms with Crippen molar-refractivity contribution >= 4 is 46.3 Å². The fourth-order valence-electron chi connectivity index (χ4n) is 2.14. The number of nitrogens with one attached hydrogen (secondary N) is 1. The van der Waals surface area contributed by atoms with Crippen molar-refractivity contribution in [2.45, 2.75) is 13.0 Å². The Morgan fingerprint density at radius 1 is 1.58 bits per heavy atom. The molecule has 6 heteroatoms. The third-order valence-corrected chi connectivity index (χ3v) is 4.02. The Hall–Kier alpha value is -1.27. The summed E-state index contributed by atoms with van der Waals surface area (Å²) < 4.78 is 5.23. The summed E-state index contributed by atoms with van der Waals surface area (Å²) in [6.07, 6.45) is 2.00. The van der Waals surface area contributed by atoms with Gasteiger partial charge in [0.2, 0.25) is 5.91 Å². The molecule has 1 N–H and O–H groups in total. The van der Waals surface area contributed by atoms with E-state index in [0.29, 0.717) is 4.99 Å². The summed E-state index contributed by atoms with van der Waals surface area (Å²) >= 11 is 7.04. The zero-order chi connectivity index (χ0) is 14.0. The molecule has 1 heterocycles. The number of benzene rings is 1. The normalized spacial score (nSPS) is 17.7. The molecule has 102 valence electrons. The Morgan fingerprint density at radius 3 is 2.89 bits per heavy atom. The fraction of sp³-hybridized carbons (Fsp3) is 0.385. The molecular weight excluding hydrogens is 280 g/mol. The van der Waals surface area contributed by atoms with Crippen molar-refractivity contribution in [1.29, 1.82) is 0 Å². The number of nitrogens with zero attached hydrogens (tertiary/aromatic N) is 1. The first-order chi connectivity index (χ1) is 9.08. The number of hydrogen-bond donors (Lipinski definition) is 1. The molecule has 1 aliphatic heterocycles. The molecule has 4 nitrogen and oxygen atoms in total. The van der Waals surface area contributed by atoms with Crippen molar-refractivity contribution in [2.75, 3.05) is 29.3 Å². The summed E-state index contributed by atoms with van der Waals surface area (Å²) in [5.41, 5.74) is 1.66. The number of amides is 1. The molecule has 1 aromatic carbocycles. The Balaban J connectivity index is 2.50. The molecular formula is C13H16N2O2S2. The Bertz CT molecular complexity index is 519. The lowest BCUT2D eigenvalue weighted by Crippen LogP contribution is -2.51. The first kappa shape index (κ1) is 14.1. The maximum Gasteiger partial charge on any atom is 0.224 e. The Labute approximate surface area is 122 Å². The number of thioether (sulfide) groups is 1. The van der Waals surface area contributed by atoms with Crippen LogP contribution in [0.4, 0.5) is 11.4 Å². The van der Waals surface area contributed by atoms with Gasteiger partial charge in [-0.15, -0.1) is 0 Å². The highest BCUT2D eigenvalue weighted by Crippen LogP contribution is 2.36. The molecule has 1 atom stereocenters. The number of thiocarbonyl (C=S) groups is 1. The second-order valence-electron chi connectivity index (χ2n) is 4.23. The smallest absolute Gasteiger partial charge is 0.224 e. The minimum atomic E-state index is -0.109. The predicted molar refractivity (Wildman–Crippen MR) is 84.5 cm³/mol. The predicted octanol–water partition coefficient (Wildman–Crippen LogP) is 2.53. The van der Waals surface area contributed by atoms with Crippen LogP contribution >= 0.6 is 24.0 Å². The summed E-state index contributed by atoms with van der Waals surface area (Å²) in [6.45, 7) is 1.56. The van der Waals surface area contributed by atoms with Crippen LogP contribution in [0.3, 0.4) is 0 Å². The Kier molecular flexibility index (Phi) is 4.31. The van der Waals surface area contributed by atoms with Crippen LogP contribution in [-0.2, 0) is 4.79 Å². The number of ether oxygens (including phenoxy) is 1. The van der Waals surface area contributed by atoms with Gasteiger partial charge < -0.3 is 10.1 Å². The van der Waals surface area contributed by atoms with E-state index in [2.05, 4.69) is 5.32 Å². The molecule has 19 heavy (non-hydrogen) atoms. The van der Waals surface area contributed by atoms with Crippen LogP contribution in [0.15, 0.2) is 18.2 Å². The van der Waals surface area contributed by atoms with Crippen molar-refractivity contribution in [2.24, 2.45) is 0 Å². The van der Waals surface area contributed by atoms with Crippen LogP contribution in [0.2, 0.25) is 0 Å². The SMILES string of the molecule is COc1ccc2c(c1)N(C(C)=O)[C@@H](CSC)C(=S)N2. The summed E-state index contributed by atoms with van der Waals surface area (Å²) in [4.78, 5) is 14.4. The van der Waals surface area contributed by atoms with E-state index in [-0.39, 0.29) is 11.9 Å². The van der Waals surface area contributed by atoms with Crippen LogP contribution in [0.1, 0.15) is 6.92 Å². The van der Waals surface area contributed by atoms with Gasteiger partial charge in [-0.3, -0.25) is 9.69 Å². The van der Waals surface area contributed by atoms with E-state index in [0.717, 1.165) is 22.9 Å². The number of rotatable bonds is 3. The van der Waals surface area contributed by atoms with E-state index in [1.807, 2.05) is 24.5 Å². The van der Waals surface area contributed by atoms with Gasteiger partial charge in [0.15, 0.2) is 0 Å². The zero-order valence-corrected chi connectivity index (χ0v) is 12.7.